The second-order valence-corrected chi connectivity index (χ2v) is 6.01. The lowest BCUT2D eigenvalue weighted by molar-refractivity contribution is 0.421. The van der Waals surface area contributed by atoms with Crippen molar-refractivity contribution in [2.24, 2.45) is 0 Å². The zero-order valence-corrected chi connectivity index (χ0v) is 12.5. The molecule has 1 N–H and O–H groups in total. The average molecular weight is 294 g/mol. The lowest BCUT2D eigenvalue weighted by Crippen LogP contribution is -2.35. The number of benzene rings is 1. The van der Waals surface area contributed by atoms with Crippen molar-refractivity contribution >= 4 is 11.6 Å². The van der Waals surface area contributed by atoms with E-state index in [0.29, 0.717) is 23.0 Å². The van der Waals surface area contributed by atoms with Crippen molar-refractivity contribution in [3.63, 3.8) is 0 Å². The first kappa shape index (κ1) is 14.9. The molecular weight excluding hydrogens is 277 g/mol. The maximum atomic E-state index is 13.1. The van der Waals surface area contributed by atoms with Crippen LogP contribution in [0.5, 0.6) is 0 Å². The number of rotatable bonds is 3. The lowest BCUT2D eigenvalue weighted by Gasteiger charge is -2.20. The van der Waals surface area contributed by atoms with Crippen molar-refractivity contribution < 1.29 is 4.39 Å². The zero-order valence-electron chi connectivity index (χ0n) is 11.7. The molecule has 2 aromatic rings. The van der Waals surface area contributed by atoms with Gasteiger partial charge in [0.05, 0.1) is 10.7 Å². The van der Waals surface area contributed by atoms with Crippen LogP contribution in [0.3, 0.4) is 0 Å². The van der Waals surface area contributed by atoms with Crippen molar-refractivity contribution in [3.05, 3.63) is 47.0 Å². The highest BCUT2D eigenvalue weighted by Crippen LogP contribution is 2.25. The molecule has 0 fully saturated rings. The number of nitrogens with one attached hydrogen (secondary N) is 1. The molecule has 106 valence electrons. The fraction of sp³-hybridized carbons (Fsp3) is 0.333. The van der Waals surface area contributed by atoms with Crippen LogP contribution in [0.1, 0.15) is 26.5 Å². The Morgan fingerprint density at radius 3 is 2.65 bits per heavy atom. The third-order valence-corrected chi connectivity index (χ3v) is 3.00. The third kappa shape index (κ3) is 3.99. The van der Waals surface area contributed by atoms with Crippen LogP contribution in [-0.4, -0.2) is 15.5 Å². The largest absolute Gasteiger partial charge is 0.306 e. The average Bonchev–Trinajstić information content (AvgIpc) is 2.36. The molecule has 1 aromatic heterocycles. The van der Waals surface area contributed by atoms with Gasteiger partial charge in [0, 0.05) is 23.8 Å². The van der Waals surface area contributed by atoms with Crippen molar-refractivity contribution in [1.29, 1.82) is 0 Å². The third-order valence-electron chi connectivity index (χ3n) is 2.69. The molecule has 0 radical (unpaired) electrons. The van der Waals surface area contributed by atoms with E-state index in [0.717, 1.165) is 5.69 Å². The van der Waals surface area contributed by atoms with E-state index < -0.39 is 0 Å². The molecule has 0 bridgehead atoms. The Hall–Kier alpha value is -1.52. The van der Waals surface area contributed by atoms with Gasteiger partial charge in [-0.3, -0.25) is 0 Å². The summed E-state index contributed by atoms with van der Waals surface area (Å²) in [5.41, 5.74) is 1.51. The Labute approximate surface area is 123 Å². The zero-order chi connectivity index (χ0) is 14.8. The van der Waals surface area contributed by atoms with E-state index in [1.54, 1.807) is 12.3 Å². The molecule has 5 heteroatoms. The Kier molecular flexibility index (Phi) is 4.35. The van der Waals surface area contributed by atoms with Crippen LogP contribution in [-0.2, 0) is 6.54 Å². The van der Waals surface area contributed by atoms with Crippen LogP contribution in [0.4, 0.5) is 4.39 Å². The van der Waals surface area contributed by atoms with Crippen LogP contribution in [0.15, 0.2) is 30.5 Å². The van der Waals surface area contributed by atoms with Gasteiger partial charge in [0.2, 0.25) is 0 Å². The van der Waals surface area contributed by atoms with Crippen molar-refractivity contribution in [2.45, 2.75) is 32.9 Å². The fourth-order valence-corrected chi connectivity index (χ4v) is 1.90. The minimum absolute atomic E-state index is 0.0125. The SMILES string of the molecule is CC(C)(C)NCc1ccnc(-c2ccc(F)cc2Cl)n1. The highest BCUT2D eigenvalue weighted by molar-refractivity contribution is 6.33. The van der Waals surface area contributed by atoms with E-state index >= 15 is 0 Å². The van der Waals surface area contributed by atoms with Crippen LogP contribution < -0.4 is 5.32 Å². The van der Waals surface area contributed by atoms with Crippen molar-refractivity contribution in [1.82, 2.24) is 15.3 Å². The summed E-state index contributed by atoms with van der Waals surface area (Å²) in [7, 11) is 0. The molecule has 0 aliphatic heterocycles. The number of hydrogen-bond donors (Lipinski definition) is 1. The Bertz CT molecular complexity index is 608. The molecular formula is C15H17ClFN3. The smallest absolute Gasteiger partial charge is 0.160 e. The van der Waals surface area contributed by atoms with Gasteiger partial charge < -0.3 is 5.32 Å². The highest BCUT2D eigenvalue weighted by Gasteiger charge is 2.11. The van der Waals surface area contributed by atoms with E-state index in [9.17, 15) is 4.39 Å². The Morgan fingerprint density at radius 2 is 2.00 bits per heavy atom. The second-order valence-electron chi connectivity index (χ2n) is 5.60. The van der Waals surface area contributed by atoms with Gasteiger partial charge in [-0.15, -0.1) is 0 Å². The summed E-state index contributed by atoms with van der Waals surface area (Å²) < 4.78 is 13.1. The van der Waals surface area contributed by atoms with Gasteiger partial charge in [0.1, 0.15) is 5.82 Å². The van der Waals surface area contributed by atoms with Gasteiger partial charge in [-0.05, 0) is 45.0 Å². The summed E-state index contributed by atoms with van der Waals surface area (Å²) in [5.74, 6) is 0.132. The minimum Gasteiger partial charge on any atom is -0.306 e. The van der Waals surface area contributed by atoms with E-state index in [-0.39, 0.29) is 11.4 Å². The summed E-state index contributed by atoms with van der Waals surface area (Å²) in [6.45, 7) is 6.90. The summed E-state index contributed by atoms with van der Waals surface area (Å²) in [6.07, 6.45) is 1.68. The number of halogens is 2. The minimum atomic E-state index is -0.371. The fourth-order valence-electron chi connectivity index (χ4n) is 1.65. The first-order valence-corrected chi connectivity index (χ1v) is 6.75. The van der Waals surface area contributed by atoms with Gasteiger partial charge >= 0.3 is 0 Å². The first-order chi connectivity index (χ1) is 9.35. The topological polar surface area (TPSA) is 37.8 Å². The molecule has 0 atom stereocenters. The summed E-state index contributed by atoms with van der Waals surface area (Å²) in [4.78, 5) is 8.65. The predicted octanol–water partition coefficient (Wildman–Crippen LogP) is 3.82. The standard InChI is InChI=1S/C15H17ClFN3/c1-15(2,3)19-9-11-6-7-18-14(20-11)12-5-4-10(17)8-13(12)16/h4-8,19H,9H2,1-3H3. The quantitative estimate of drug-likeness (QED) is 0.935. The van der Waals surface area contributed by atoms with Gasteiger partial charge in [-0.2, -0.15) is 0 Å². The highest BCUT2D eigenvalue weighted by atomic mass is 35.5. The Morgan fingerprint density at radius 1 is 1.25 bits per heavy atom. The van der Waals surface area contributed by atoms with Gasteiger partial charge in [0.15, 0.2) is 5.82 Å². The number of aromatic nitrogens is 2. The molecule has 20 heavy (non-hydrogen) atoms. The number of nitrogens with zero attached hydrogens (tertiary/aromatic N) is 2. The van der Waals surface area contributed by atoms with E-state index in [4.69, 9.17) is 11.6 Å². The summed E-state index contributed by atoms with van der Waals surface area (Å²) in [6, 6.07) is 6.05. The predicted molar refractivity (Wildman–Crippen MR) is 79.0 cm³/mol. The molecule has 0 aliphatic rings. The monoisotopic (exact) mass is 293 g/mol. The maximum Gasteiger partial charge on any atom is 0.160 e. The van der Waals surface area contributed by atoms with Crippen molar-refractivity contribution in [2.75, 3.05) is 0 Å². The molecule has 1 heterocycles. The van der Waals surface area contributed by atoms with E-state index in [1.807, 2.05) is 6.07 Å². The second kappa shape index (κ2) is 5.85. The summed E-state index contributed by atoms with van der Waals surface area (Å²) >= 11 is 6.03. The van der Waals surface area contributed by atoms with E-state index in [2.05, 4.69) is 36.1 Å². The molecule has 1 aromatic carbocycles. The van der Waals surface area contributed by atoms with Gasteiger partial charge in [-0.1, -0.05) is 11.6 Å². The molecule has 0 saturated carbocycles. The normalized spacial score (nSPS) is 11.7. The molecule has 0 amide bonds. The van der Waals surface area contributed by atoms with Crippen LogP contribution in [0.2, 0.25) is 5.02 Å². The molecule has 0 saturated heterocycles. The maximum absolute atomic E-state index is 13.1. The molecule has 2 rings (SSSR count). The van der Waals surface area contributed by atoms with Crippen LogP contribution in [0, 0.1) is 5.82 Å². The first-order valence-electron chi connectivity index (χ1n) is 6.37. The van der Waals surface area contributed by atoms with Gasteiger partial charge in [0.25, 0.3) is 0 Å². The summed E-state index contributed by atoms with van der Waals surface area (Å²) in [5, 5.41) is 3.67. The molecule has 3 nitrogen and oxygen atoms in total. The molecule has 0 spiro atoms. The van der Waals surface area contributed by atoms with Gasteiger partial charge in [-0.25, -0.2) is 14.4 Å². The Balaban J connectivity index is 2.25. The molecule has 0 unspecified atom stereocenters. The van der Waals surface area contributed by atoms with Crippen molar-refractivity contribution in [3.8, 4) is 11.4 Å². The van der Waals surface area contributed by atoms with Crippen LogP contribution in [0.25, 0.3) is 11.4 Å². The van der Waals surface area contributed by atoms with E-state index in [1.165, 1.54) is 12.1 Å². The van der Waals surface area contributed by atoms with Crippen LogP contribution >= 0.6 is 11.6 Å². The molecule has 0 aliphatic carbocycles. The lowest BCUT2D eigenvalue weighted by atomic mass is 10.1. The number of hydrogen-bond acceptors (Lipinski definition) is 3.